The molecular weight excluding hydrogens is 204 g/mol. The summed E-state index contributed by atoms with van der Waals surface area (Å²) < 4.78 is 5.11. The quantitative estimate of drug-likeness (QED) is 0.728. The smallest absolute Gasteiger partial charge is 0.242 e. The van der Waals surface area contributed by atoms with Crippen molar-refractivity contribution in [1.29, 1.82) is 5.26 Å². The van der Waals surface area contributed by atoms with Crippen molar-refractivity contribution < 1.29 is 9.53 Å². The number of nitriles is 1. The third-order valence-corrected chi connectivity index (χ3v) is 3.12. The maximum atomic E-state index is 12.0. The molecule has 4 heteroatoms. The Morgan fingerprint density at radius 2 is 2.06 bits per heavy atom. The first-order chi connectivity index (χ1) is 7.51. The fourth-order valence-corrected chi connectivity index (χ4v) is 1.98. The molecule has 90 valence electrons. The Morgan fingerprint density at radius 1 is 1.50 bits per heavy atom. The Morgan fingerprint density at radius 3 is 2.50 bits per heavy atom. The summed E-state index contributed by atoms with van der Waals surface area (Å²) in [4.78, 5) is 13.8. The number of hydrogen-bond donors (Lipinski definition) is 0. The van der Waals surface area contributed by atoms with Gasteiger partial charge in [-0.15, -0.1) is 0 Å². The maximum absolute atomic E-state index is 12.0. The lowest BCUT2D eigenvalue weighted by Crippen LogP contribution is -2.45. The molecule has 16 heavy (non-hydrogen) atoms. The van der Waals surface area contributed by atoms with Gasteiger partial charge in [0.15, 0.2) is 0 Å². The summed E-state index contributed by atoms with van der Waals surface area (Å²) in [6.07, 6.45) is 1.95. The van der Waals surface area contributed by atoms with E-state index in [1.165, 1.54) is 0 Å². The van der Waals surface area contributed by atoms with Gasteiger partial charge in [0.05, 0.1) is 6.07 Å². The van der Waals surface area contributed by atoms with Crippen molar-refractivity contribution in [2.45, 2.75) is 26.7 Å². The topological polar surface area (TPSA) is 53.3 Å². The van der Waals surface area contributed by atoms with Crippen LogP contribution in [0, 0.1) is 22.7 Å². The first-order valence-electron chi connectivity index (χ1n) is 5.71. The number of methoxy groups -OCH3 is 1. The predicted octanol–water partition coefficient (Wildman–Crippen LogP) is 1.42. The Bertz CT molecular complexity index is 286. The van der Waals surface area contributed by atoms with E-state index < -0.39 is 5.41 Å². The lowest BCUT2D eigenvalue weighted by atomic mass is 9.91. The number of ether oxygens (including phenoxy) is 1. The number of nitrogens with zero attached hydrogens (tertiary/aromatic N) is 2. The maximum Gasteiger partial charge on any atom is 0.242 e. The highest BCUT2D eigenvalue weighted by Gasteiger charge is 2.33. The zero-order valence-electron chi connectivity index (χ0n) is 10.3. The predicted molar refractivity (Wildman–Crippen MR) is 60.6 cm³/mol. The monoisotopic (exact) mass is 224 g/mol. The van der Waals surface area contributed by atoms with E-state index in [1.54, 1.807) is 25.9 Å². The summed E-state index contributed by atoms with van der Waals surface area (Å²) in [5.41, 5.74) is -0.895. The summed E-state index contributed by atoms with van der Waals surface area (Å²) in [6.45, 7) is 5.62. The molecule has 0 atom stereocenters. The normalized spacial score (nSPS) is 18.2. The van der Waals surface area contributed by atoms with Gasteiger partial charge in [-0.3, -0.25) is 4.79 Å². The number of rotatable bonds is 3. The Labute approximate surface area is 97.2 Å². The summed E-state index contributed by atoms with van der Waals surface area (Å²) >= 11 is 0. The molecule has 0 aromatic heterocycles. The Kier molecular flexibility index (Phi) is 4.31. The van der Waals surface area contributed by atoms with Crippen LogP contribution in [-0.4, -0.2) is 37.6 Å². The van der Waals surface area contributed by atoms with E-state index in [0.717, 1.165) is 32.5 Å². The minimum absolute atomic E-state index is 0.0501. The first-order valence-corrected chi connectivity index (χ1v) is 5.71. The minimum Gasteiger partial charge on any atom is -0.384 e. The lowest BCUT2D eigenvalue weighted by molar-refractivity contribution is -0.139. The third-order valence-electron chi connectivity index (χ3n) is 3.12. The standard InChI is InChI=1S/C12H20N2O2/c1-12(2,9-13)11(15)14-6-4-10(5-7-14)8-16-3/h10H,4-8H2,1-3H3. The lowest BCUT2D eigenvalue weighted by Gasteiger charge is -2.34. The molecule has 1 amide bonds. The average Bonchev–Trinajstić information content (AvgIpc) is 2.29. The van der Waals surface area contributed by atoms with Crippen LogP contribution in [0.15, 0.2) is 0 Å². The summed E-state index contributed by atoms with van der Waals surface area (Å²) in [7, 11) is 1.70. The number of hydrogen-bond acceptors (Lipinski definition) is 3. The number of carbonyl (C=O) groups excluding carboxylic acids is 1. The van der Waals surface area contributed by atoms with Crippen LogP contribution < -0.4 is 0 Å². The zero-order chi connectivity index (χ0) is 12.2. The molecule has 0 aromatic carbocycles. The number of amides is 1. The second kappa shape index (κ2) is 5.31. The molecule has 1 fully saturated rings. The molecular formula is C12H20N2O2. The second-order valence-electron chi connectivity index (χ2n) is 4.93. The van der Waals surface area contributed by atoms with E-state index in [-0.39, 0.29) is 5.91 Å². The van der Waals surface area contributed by atoms with Crippen molar-refractivity contribution in [3.05, 3.63) is 0 Å². The average molecular weight is 224 g/mol. The Balaban J connectivity index is 2.49. The van der Waals surface area contributed by atoms with Crippen LogP contribution >= 0.6 is 0 Å². The molecule has 1 saturated heterocycles. The molecule has 0 bridgehead atoms. The van der Waals surface area contributed by atoms with Crippen LogP contribution in [0.2, 0.25) is 0 Å². The second-order valence-corrected chi connectivity index (χ2v) is 4.93. The number of piperidine rings is 1. The van der Waals surface area contributed by atoms with Gasteiger partial charge < -0.3 is 9.64 Å². The molecule has 0 saturated carbocycles. The van der Waals surface area contributed by atoms with Crippen LogP contribution in [0.3, 0.4) is 0 Å². The fraction of sp³-hybridized carbons (Fsp3) is 0.833. The third kappa shape index (κ3) is 2.96. The number of likely N-dealkylation sites (tertiary alicyclic amines) is 1. The molecule has 1 aliphatic rings. The van der Waals surface area contributed by atoms with Crippen molar-refractivity contribution in [2.75, 3.05) is 26.8 Å². The van der Waals surface area contributed by atoms with Gasteiger partial charge >= 0.3 is 0 Å². The highest BCUT2D eigenvalue weighted by atomic mass is 16.5. The number of carbonyl (C=O) groups is 1. The van der Waals surface area contributed by atoms with Gasteiger partial charge in [0, 0.05) is 26.8 Å². The van der Waals surface area contributed by atoms with E-state index in [2.05, 4.69) is 6.07 Å². The van der Waals surface area contributed by atoms with E-state index in [4.69, 9.17) is 10.00 Å². The van der Waals surface area contributed by atoms with Crippen LogP contribution in [0.5, 0.6) is 0 Å². The molecule has 1 heterocycles. The van der Waals surface area contributed by atoms with E-state index in [1.807, 2.05) is 0 Å². The van der Waals surface area contributed by atoms with Crippen LogP contribution in [0.4, 0.5) is 0 Å². The van der Waals surface area contributed by atoms with Gasteiger partial charge in [-0.1, -0.05) is 0 Å². The van der Waals surface area contributed by atoms with Crippen molar-refractivity contribution >= 4 is 5.91 Å². The molecule has 0 radical (unpaired) electrons. The highest BCUT2D eigenvalue weighted by molar-refractivity contribution is 5.84. The molecule has 0 N–H and O–H groups in total. The zero-order valence-corrected chi connectivity index (χ0v) is 10.3. The van der Waals surface area contributed by atoms with Crippen molar-refractivity contribution in [3.8, 4) is 6.07 Å². The van der Waals surface area contributed by atoms with Crippen molar-refractivity contribution in [2.24, 2.45) is 11.3 Å². The van der Waals surface area contributed by atoms with E-state index in [0.29, 0.717) is 5.92 Å². The Hall–Kier alpha value is -1.08. The van der Waals surface area contributed by atoms with Crippen molar-refractivity contribution in [3.63, 3.8) is 0 Å². The summed E-state index contributed by atoms with van der Waals surface area (Å²) in [6, 6.07) is 2.06. The van der Waals surface area contributed by atoms with Gasteiger partial charge in [-0.2, -0.15) is 5.26 Å². The molecule has 0 aromatic rings. The van der Waals surface area contributed by atoms with Gasteiger partial charge in [0.1, 0.15) is 5.41 Å². The van der Waals surface area contributed by atoms with E-state index >= 15 is 0 Å². The molecule has 0 spiro atoms. The van der Waals surface area contributed by atoms with Crippen LogP contribution in [0.1, 0.15) is 26.7 Å². The highest BCUT2D eigenvalue weighted by Crippen LogP contribution is 2.23. The van der Waals surface area contributed by atoms with Crippen molar-refractivity contribution in [1.82, 2.24) is 4.90 Å². The van der Waals surface area contributed by atoms with Gasteiger partial charge in [0.25, 0.3) is 0 Å². The molecule has 1 aliphatic heterocycles. The molecule has 1 rings (SSSR count). The summed E-state index contributed by atoms with van der Waals surface area (Å²) in [5, 5.41) is 8.91. The SMILES string of the molecule is COCC1CCN(C(=O)C(C)(C)C#N)CC1. The fourth-order valence-electron chi connectivity index (χ4n) is 1.98. The van der Waals surface area contributed by atoms with Gasteiger partial charge in [-0.25, -0.2) is 0 Å². The first kappa shape index (κ1) is 13.0. The molecule has 0 aliphatic carbocycles. The minimum atomic E-state index is -0.895. The molecule has 0 unspecified atom stereocenters. The van der Waals surface area contributed by atoms with Gasteiger partial charge in [0.2, 0.25) is 5.91 Å². The van der Waals surface area contributed by atoms with E-state index in [9.17, 15) is 4.79 Å². The van der Waals surface area contributed by atoms with Gasteiger partial charge in [-0.05, 0) is 32.6 Å². The van der Waals surface area contributed by atoms with Crippen LogP contribution in [0.25, 0.3) is 0 Å². The summed E-state index contributed by atoms with van der Waals surface area (Å²) in [5.74, 6) is 0.505. The molecule has 4 nitrogen and oxygen atoms in total. The van der Waals surface area contributed by atoms with Crippen LogP contribution in [-0.2, 0) is 9.53 Å². The largest absolute Gasteiger partial charge is 0.384 e.